The third-order valence-corrected chi connectivity index (χ3v) is 6.73. The van der Waals surface area contributed by atoms with Gasteiger partial charge in [0, 0.05) is 27.6 Å². The maximum atomic E-state index is 11.6. The van der Waals surface area contributed by atoms with E-state index in [0.29, 0.717) is 12.4 Å². The molecule has 3 rings (SSSR count). The Bertz CT molecular complexity index is 853. The van der Waals surface area contributed by atoms with E-state index in [4.69, 9.17) is 9.47 Å². The van der Waals surface area contributed by atoms with Crippen molar-refractivity contribution in [3.05, 3.63) is 95.6 Å². The number of carbonyl (C=O) groups is 1. The summed E-state index contributed by atoms with van der Waals surface area (Å²) in [5.74, 6) is 2.48. The van der Waals surface area contributed by atoms with E-state index in [1.807, 2.05) is 24.3 Å². The summed E-state index contributed by atoms with van der Waals surface area (Å²) in [6.45, 7) is 4.13. The fourth-order valence-electron chi connectivity index (χ4n) is 3.01. The molecule has 0 atom stereocenters. The molecule has 4 heteroatoms. The van der Waals surface area contributed by atoms with E-state index < -0.39 is 6.16 Å². The first-order valence-corrected chi connectivity index (χ1v) is 10.9. The van der Waals surface area contributed by atoms with E-state index in [0.717, 1.165) is 17.1 Å². The van der Waals surface area contributed by atoms with Gasteiger partial charge in [0.05, 0.1) is 6.61 Å². The smallest absolute Gasteiger partial charge is 0.434 e. The number of hydrogen-bond donors (Lipinski definition) is 0. The topological polar surface area (TPSA) is 35.5 Å². The minimum Gasteiger partial charge on any atom is -0.434 e. The van der Waals surface area contributed by atoms with Crippen molar-refractivity contribution < 1.29 is 14.3 Å². The van der Waals surface area contributed by atoms with Gasteiger partial charge >= 0.3 is 6.16 Å². The second kappa shape index (κ2) is 10.00. The van der Waals surface area contributed by atoms with Gasteiger partial charge in [-0.25, -0.2) is 4.79 Å². The van der Waals surface area contributed by atoms with Crippen molar-refractivity contribution in [1.29, 1.82) is 0 Å². The molecule has 0 bridgehead atoms. The largest absolute Gasteiger partial charge is 0.513 e. The third kappa shape index (κ3) is 5.64. The molecule has 0 saturated heterocycles. The fraction of sp³-hybridized carbons (Fsp3) is 0.208. The molecule has 3 nitrogen and oxygen atoms in total. The lowest BCUT2D eigenvalue weighted by atomic mass is 10.2. The van der Waals surface area contributed by atoms with Crippen LogP contribution in [-0.2, 0) is 27.1 Å². The first kappa shape index (κ1) is 20.0. The van der Waals surface area contributed by atoms with Crippen LogP contribution in [0.5, 0.6) is 5.75 Å². The van der Waals surface area contributed by atoms with Crippen LogP contribution in [0.4, 0.5) is 4.79 Å². The highest BCUT2D eigenvalue weighted by atomic mass is 32.2. The van der Waals surface area contributed by atoms with Gasteiger partial charge in [0.15, 0.2) is 4.90 Å². The van der Waals surface area contributed by atoms with Gasteiger partial charge in [0.1, 0.15) is 17.3 Å². The van der Waals surface area contributed by atoms with Crippen LogP contribution in [0, 0.1) is 6.92 Å². The monoisotopic (exact) mass is 393 g/mol. The van der Waals surface area contributed by atoms with Crippen molar-refractivity contribution in [3.8, 4) is 5.75 Å². The molecule has 0 aliphatic rings. The lowest BCUT2D eigenvalue weighted by Gasteiger charge is -2.13. The van der Waals surface area contributed by atoms with E-state index in [1.165, 1.54) is 16.0 Å². The van der Waals surface area contributed by atoms with Gasteiger partial charge in [-0.05, 0) is 32.0 Å². The zero-order chi connectivity index (χ0) is 19.8. The summed E-state index contributed by atoms with van der Waals surface area (Å²) in [6, 6.07) is 27.0. The Kier molecular flexibility index (Phi) is 7.15. The zero-order valence-electron chi connectivity index (χ0n) is 16.3. The van der Waals surface area contributed by atoms with Gasteiger partial charge in [0.2, 0.25) is 0 Å². The Labute approximate surface area is 169 Å². The molecule has 0 N–H and O–H groups in total. The minimum atomic E-state index is -0.665. The Morgan fingerprint density at radius 3 is 1.93 bits per heavy atom. The van der Waals surface area contributed by atoms with Crippen LogP contribution < -0.4 is 4.74 Å². The van der Waals surface area contributed by atoms with Crippen LogP contribution in [0.1, 0.15) is 23.6 Å². The SMILES string of the molecule is CCOC(=O)Oc1ccc([S+](Cc2ccccc2)Cc2ccccc2)c(C)c1. The molecule has 3 aromatic carbocycles. The first-order valence-electron chi connectivity index (χ1n) is 9.36. The summed E-state index contributed by atoms with van der Waals surface area (Å²) in [5, 5.41) is 0. The summed E-state index contributed by atoms with van der Waals surface area (Å²) in [6.07, 6.45) is -0.665. The predicted octanol–water partition coefficient (Wildman–Crippen LogP) is 5.91. The molecule has 0 aliphatic heterocycles. The van der Waals surface area contributed by atoms with E-state index in [-0.39, 0.29) is 10.9 Å². The molecule has 0 radical (unpaired) electrons. The Morgan fingerprint density at radius 1 is 0.857 bits per heavy atom. The van der Waals surface area contributed by atoms with Crippen LogP contribution in [0.3, 0.4) is 0 Å². The molecule has 0 amide bonds. The maximum absolute atomic E-state index is 11.6. The lowest BCUT2D eigenvalue weighted by Crippen LogP contribution is -2.13. The summed E-state index contributed by atoms with van der Waals surface area (Å²) >= 11 is 0. The molecule has 3 aromatic rings. The highest BCUT2D eigenvalue weighted by molar-refractivity contribution is 7.95. The van der Waals surface area contributed by atoms with Gasteiger partial charge in [-0.1, -0.05) is 60.7 Å². The van der Waals surface area contributed by atoms with Crippen LogP contribution in [-0.4, -0.2) is 12.8 Å². The van der Waals surface area contributed by atoms with Crippen LogP contribution in [0.15, 0.2) is 83.8 Å². The quantitative estimate of drug-likeness (QED) is 0.284. The van der Waals surface area contributed by atoms with Gasteiger partial charge in [0.25, 0.3) is 0 Å². The van der Waals surface area contributed by atoms with E-state index in [2.05, 4.69) is 61.5 Å². The maximum Gasteiger partial charge on any atom is 0.513 e. The molecule has 0 unspecified atom stereocenters. The number of hydrogen-bond acceptors (Lipinski definition) is 3. The number of aryl methyl sites for hydroxylation is 1. The standard InChI is InChI=1S/C24H25O3S/c1-3-26-24(25)27-22-14-15-23(19(2)16-22)28(17-20-10-6-4-7-11-20)18-21-12-8-5-9-13-21/h4-16H,3,17-18H2,1-2H3/q+1. The molecule has 144 valence electrons. The third-order valence-electron chi connectivity index (χ3n) is 4.29. The summed E-state index contributed by atoms with van der Waals surface area (Å²) in [5.41, 5.74) is 3.78. The molecule has 0 spiro atoms. The molecule has 28 heavy (non-hydrogen) atoms. The highest BCUT2D eigenvalue weighted by Gasteiger charge is 2.25. The van der Waals surface area contributed by atoms with Gasteiger partial charge in [-0.15, -0.1) is 0 Å². The van der Waals surface area contributed by atoms with Crippen molar-refractivity contribution in [3.63, 3.8) is 0 Å². The number of ether oxygens (including phenoxy) is 2. The first-order chi connectivity index (χ1) is 13.7. The molecule has 0 aromatic heterocycles. The molecule has 0 saturated carbocycles. The molecular weight excluding hydrogens is 368 g/mol. The van der Waals surface area contributed by atoms with Crippen LogP contribution in [0.2, 0.25) is 0 Å². The average Bonchev–Trinajstić information content (AvgIpc) is 2.69. The van der Waals surface area contributed by atoms with E-state index in [1.54, 1.807) is 6.92 Å². The van der Waals surface area contributed by atoms with Crippen molar-refractivity contribution in [2.45, 2.75) is 30.2 Å². The van der Waals surface area contributed by atoms with Crippen LogP contribution >= 0.6 is 0 Å². The second-order valence-corrected chi connectivity index (χ2v) is 8.47. The number of benzene rings is 3. The van der Waals surface area contributed by atoms with E-state index >= 15 is 0 Å². The Morgan fingerprint density at radius 2 is 1.43 bits per heavy atom. The van der Waals surface area contributed by atoms with Gasteiger partial charge in [-0.3, -0.25) is 0 Å². The minimum absolute atomic E-state index is 0.00253. The van der Waals surface area contributed by atoms with Gasteiger partial charge < -0.3 is 9.47 Å². The van der Waals surface area contributed by atoms with Crippen LogP contribution in [0.25, 0.3) is 0 Å². The van der Waals surface area contributed by atoms with Crippen molar-refractivity contribution >= 4 is 17.1 Å². The summed E-state index contributed by atoms with van der Waals surface area (Å²) in [4.78, 5) is 12.9. The normalized spacial score (nSPS) is 10.7. The molecule has 0 aliphatic carbocycles. The average molecular weight is 394 g/mol. The molecular formula is C24H25O3S+. The van der Waals surface area contributed by atoms with Crippen molar-refractivity contribution in [2.24, 2.45) is 0 Å². The Balaban J connectivity index is 1.85. The lowest BCUT2D eigenvalue weighted by molar-refractivity contribution is 0.104. The summed E-state index contributed by atoms with van der Waals surface area (Å²) in [7, 11) is 0.00253. The van der Waals surface area contributed by atoms with Crippen molar-refractivity contribution in [2.75, 3.05) is 6.61 Å². The Hall–Kier alpha value is -2.72. The molecule has 0 fully saturated rings. The molecule has 0 heterocycles. The van der Waals surface area contributed by atoms with E-state index in [9.17, 15) is 4.79 Å². The zero-order valence-corrected chi connectivity index (χ0v) is 17.1. The number of rotatable bonds is 7. The van der Waals surface area contributed by atoms with Gasteiger partial charge in [-0.2, -0.15) is 0 Å². The second-order valence-electron chi connectivity index (χ2n) is 6.47. The number of carbonyl (C=O) groups excluding carboxylic acids is 1. The summed E-state index contributed by atoms with van der Waals surface area (Å²) < 4.78 is 10.1. The predicted molar refractivity (Wildman–Crippen MR) is 115 cm³/mol. The highest BCUT2D eigenvalue weighted by Crippen LogP contribution is 2.29. The fourth-order valence-corrected chi connectivity index (χ4v) is 5.39. The van der Waals surface area contributed by atoms with Crippen molar-refractivity contribution in [1.82, 2.24) is 0 Å².